The van der Waals surface area contributed by atoms with E-state index >= 15 is 0 Å². The van der Waals surface area contributed by atoms with Gasteiger partial charge in [0.25, 0.3) is 5.91 Å². The van der Waals surface area contributed by atoms with Crippen molar-refractivity contribution in [1.29, 1.82) is 0 Å². The molecule has 0 unspecified atom stereocenters. The van der Waals surface area contributed by atoms with E-state index in [1.807, 2.05) is 23.1 Å². The molecular formula is C17H23ClN2OS. The highest BCUT2D eigenvalue weighted by atomic mass is 35.5. The first kappa shape index (κ1) is 16.2. The molecule has 0 aromatic heterocycles. The molecule has 0 N–H and O–H groups in total. The first-order valence-electron chi connectivity index (χ1n) is 8.11. The molecule has 1 amide bonds. The van der Waals surface area contributed by atoms with Gasteiger partial charge in [0.1, 0.15) is 0 Å². The number of halogens is 1. The van der Waals surface area contributed by atoms with Crippen LogP contribution >= 0.6 is 23.4 Å². The molecule has 0 aliphatic carbocycles. The number of nitrogens with zero attached hydrogens (tertiary/aromatic N) is 2. The molecule has 0 saturated carbocycles. The summed E-state index contributed by atoms with van der Waals surface area (Å²) >= 11 is 8.24. The minimum absolute atomic E-state index is 0.0756. The Hall–Kier alpha value is -0.710. The maximum Gasteiger partial charge on any atom is 0.255 e. The molecule has 1 aromatic rings. The zero-order valence-corrected chi connectivity index (χ0v) is 14.4. The van der Waals surface area contributed by atoms with Crippen LogP contribution in [0.2, 0.25) is 5.02 Å². The van der Waals surface area contributed by atoms with Gasteiger partial charge in [0.15, 0.2) is 0 Å². The zero-order valence-electron chi connectivity index (χ0n) is 12.8. The highest BCUT2D eigenvalue weighted by Gasteiger charge is 2.26. The Balaban J connectivity index is 1.62. The van der Waals surface area contributed by atoms with E-state index < -0.39 is 0 Å². The Kier molecular flexibility index (Phi) is 5.66. The lowest BCUT2D eigenvalue weighted by atomic mass is 10.1. The highest BCUT2D eigenvalue weighted by molar-refractivity contribution is 7.99. The molecule has 0 spiro atoms. The van der Waals surface area contributed by atoms with Crippen LogP contribution in [-0.2, 0) is 0 Å². The van der Waals surface area contributed by atoms with Gasteiger partial charge in [0.2, 0.25) is 0 Å². The highest BCUT2D eigenvalue weighted by Crippen LogP contribution is 2.23. The third kappa shape index (κ3) is 3.79. The number of hydrogen-bond donors (Lipinski definition) is 0. The summed E-state index contributed by atoms with van der Waals surface area (Å²) in [7, 11) is 0. The summed E-state index contributed by atoms with van der Waals surface area (Å²) in [5.74, 6) is 2.64. The number of benzene rings is 1. The summed E-state index contributed by atoms with van der Waals surface area (Å²) in [4.78, 5) is 17.2. The van der Waals surface area contributed by atoms with Crippen LogP contribution in [-0.4, -0.2) is 59.4 Å². The van der Waals surface area contributed by atoms with Gasteiger partial charge in [-0.15, -0.1) is 0 Å². The van der Waals surface area contributed by atoms with E-state index in [4.69, 9.17) is 11.6 Å². The molecule has 5 heteroatoms. The number of thioether (sulfide) groups is 1. The van der Waals surface area contributed by atoms with Gasteiger partial charge in [-0.1, -0.05) is 23.7 Å². The number of carbonyl (C=O) groups excluding carboxylic acids is 1. The van der Waals surface area contributed by atoms with E-state index in [-0.39, 0.29) is 5.91 Å². The maximum atomic E-state index is 12.7. The fourth-order valence-corrected chi connectivity index (χ4v) is 4.66. The van der Waals surface area contributed by atoms with Crippen molar-refractivity contribution in [3.63, 3.8) is 0 Å². The van der Waals surface area contributed by atoms with Crippen molar-refractivity contribution in [3.05, 3.63) is 34.9 Å². The van der Waals surface area contributed by atoms with Crippen LogP contribution in [0.3, 0.4) is 0 Å². The minimum Gasteiger partial charge on any atom is -0.337 e. The number of hydrogen-bond acceptors (Lipinski definition) is 3. The molecule has 2 heterocycles. The smallest absolute Gasteiger partial charge is 0.255 e. The Morgan fingerprint density at radius 3 is 2.64 bits per heavy atom. The molecule has 22 heavy (non-hydrogen) atoms. The lowest BCUT2D eigenvalue weighted by Crippen LogP contribution is -2.41. The second-order valence-electron chi connectivity index (χ2n) is 6.01. The Bertz CT molecular complexity index is 519. The van der Waals surface area contributed by atoms with Crippen molar-refractivity contribution >= 4 is 29.3 Å². The molecule has 2 fully saturated rings. The fourth-order valence-electron chi connectivity index (χ4n) is 3.36. The van der Waals surface area contributed by atoms with Gasteiger partial charge in [-0.2, -0.15) is 11.8 Å². The van der Waals surface area contributed by atoms with Gasteiger partial charge in [-0.3, -0.25) is 9.69 Å². The van der Waals surface area contributed by atoms with Crippen molar-refractivity contribution in [2.75, 3.05) is 37.7 Å². The predicted molar refractivity (Wildman–Crippen MR) is 93.9 cm³/mol. The van der Waals surface area contributed by atoms with Crippen molar-refractivity contribution in [2.24, 2.45) is 0 Å². The maximum absolute atomic E-state index is 12.7. The predicted octanol–water partition coefficient (Wildman–Crippen LogP) is 3.38. The number of rotatable bonds is 2. The van der Waals surface area contributed by atoms with Crippen LogP contribution in [0.5, 0.6) is 0 Å². The Labute approximate surface area is 142 Å². The summed E-state index contributed by atoms with van der Waals surface area (Å²) in [6, 6.07) is 8.08. The topological polar surface area (TPSA) is 23.6 Å². The van der Waals surface area contributed by atoms with E-state index in [0.29, 0.717) is 10.6 Å². The standard InChI is InChI=1S/C17H23ClN2OS/c18-16-5-2-1-4-15(16)17(21)20-9-3-8-19(10-11-20)14-6-12-22-13-7-14/h1-2,4-5,14H,3,6-13H2. The molecule has 120 valence electrons. The van der Waals surface area contributed by atoms with E-state index in [0.717, 1.165) is 38.6 Å². The number of carbonyl (C=O) groups is 1. The molecule has 2 saturated heterocycles. The zero-order chi connectivity index (χ0) is 15.4. The first-order valence-corrected chi connectivity index (χ1v) is 9.64. The summed E-state index contributed by atoms with van der Waals surface area (Å²) in [5.41, 5.74) is 0.631. The molecule has 0 bridgehead atoms. The largest absolute Gasteiger partial charge is 0.337 e. The van der Waals surface area contributed by atoms with Crippen molar-refractivity contribution < 1.29 is 4.79 Å². The summed E-state index contributed by atoms with van der Waals surface area (Å²) in [6.45, 7) is 3.75. The van der Waals surface area contributed by atoms with E-state index in [1.54, 1.807) is 6.07 Å². The van der Waals surface area contributed by atoms with E-state index in [2.05, 4.69) is 16.7 Å². The number of amides is 1. The molecule has 0 radical (unpaired) electrons. The van der Waals surface area contributed by atoms with E-state index in [9.17, 15) is 4.79 Å². The van der Waals surface area contributed by atoms with Gasteiger partial charge < -0.3 is 4.90 Å². The third-order valence-electron chi connectivity index (χ3n) is 4.63. The Morgan fingerprint density at radius 2 is 1.86 bits per heavy atom. The lowest BCUT2D eigenvalue weighted by Gasteiger charge is -2.33. The van der Waals surface area contributed by atoms with Crippen LogP contribution in [0.1, 0.15) is 29.6 Å². The summed E-state index contributed by atoms with van der Waals surface area (Å²) in [5, 5.41) is 0.554. The minimum atomic E-state index is 0.0756. The van der Waals surface area contributed by atoms with Crippen LogP contribution in [0, 0.1) is 0 Å². The van der Waals surface area contributed by atoms with Crippen LogP contribution in [0.4, 0.5) is 0 Å². The Morgan fingerprint density at radius 1 is 1.09 bits per heavy atom. The first-order chi connectivity index (χ1) is 10.8. The fraction of sp³-hybridized carbons (Fsp3) is 0.588. The molecule has 1 aromatic carbocycles. The van der Waals surface area contributed by atoms with Gasteiger partial charge in [0, 0.05) is 32.2 Å². The average Bonchev–Trinajstić information content (AvgIpc) is 2.81. The lowest BCUT2D eigenvalue weighted by molar-refractivity contribution is 0.0757. The molecular weight excluding hydrogens is 316 g/mol. The van der Waals surface area contributed by atoms with Crippen molar-refractivity contribution in [2.45, 2.75) is 25.3 Å². The van der Waals surface area contributed by atoms with Gasteiger partial charge >= 0.3 is 0 Å². The van der Waals surface area contributed by atoms with Crippen LogP contribution in [0.25, 0.3) is 0 Å². The second kappa shape index (κ2) is 7.71. The monoisotopic (exact) mass is 338 g/mol. The summed E-state index contributed by atoms with van der Waals surface area (Å²) in [6.07, 6.45) is 3.64. The molecule has 0 atom stereocenters. The average molecular weight is 339 g/mol. The SMILES string of the molecule is O=C(c1ccccc1Cl)N1CCCN(C2CCSCC2)CC1. The second-order valence-corrected chi connectivity index (χ2v) is 7.64. The van der Waals surface area contributed by atoms with Crippen LogP contribution in [0.15, 0.2) is 24.3 Å². The normalized spacial score (nSPS) is 21.6. The third-order valence-corrected chi connectivity index (χ3v) is 6.01. The van der Waals surface area contributed by atoms with E-state index in [1.165, 1.54) is 24.3 Å². The van der Waals surface area contributed by atoms with Gasteiger partial charge in [0.05, 0.1) is 10.6 Å². The molecule has 3 nitrogen and oxygen atoms in total. The molecule has 2 aliphatic rings. The summed E-state index contributed by atoms with van der Waals surface area (Å²) < 4.78 is 0. The van der Waals surface area contributed by atoms with Gasteiger partial charge in [-0.25, -0.2) is 0 Å². The van der Waals surface area contributed by atoms with Crippen molar-refractivity contribution in [3.8, 4) is 0 Å². The quantitative estimate of drug-likeness (QED) is 0.826. The molecule has 3 rings (SSSR count). The van der Waals surface area contributed by atoms with Gasteiger partial charge in [-0.05, 0) is 42.9 Å². The van der Waals surface area contributed by atoms with Crippen LogP contribution < -0.4 is 0 Å². The van der Waals surface area contributed by atoms with Crippen molar-refractivity contribution in [1.82, 2.24) is 9.80 Å². The molecule has 2 aliphatic heterocycles.